The summed E-state index contributed by atoms with van der Waals surface area (Å²) in [5.41, 5.74) is 26.3. The number of benzene rings is 2. The molecular formula is C43H66N2Ni. The van der Waals surface area contributed by atoms with Gasteiger partial charge in [0, 0.05) is 16.7 Å². The van der Waals surface area contributed by atoms with E-state index in [1.807, 2.05) is 0 Å². The molecule has 258 valence electrons. The second-order valence-electron chi connectivity index (χ2n) is 12.5. The normalized spacial score (nSPS) is 12.7. The topological polar surface area (TPSA) is 25.3 Å². The van der Waals surface area contributed by atoms with Crippen molar-refractivity contribution in [2.45, 2.75) is 153 Å². The minimum atomic E-state index is 0. The maximum atomic E-state index is 12.0. The predicted molar refractivity (Wildman–Crippen MR) is 201 cm³/mol. The number of aryl methyl sites for hydroxylation is 4. The molecule has 2 aromatic carbocycles. The van der Waals surface area contributed by atoms with Gasteiger partial charge >= 0.3 is 16.5 Å². The van der Waals surface area contributed by atoms with Crippen LogP contribution in [-0.2, 0) is 16.5 Å². The summed E-state index contributed by atoms with van der Waals surface area (Å²) in [6.07, 6.45) is 21.0. The Labute approximate surface area is 295 Å². The molecule has 0 N–H and O–H groups in total. The Kier molecular flexibility index (Phi) is 22.8. The standard InChI is InChI=1S/C39H56N2.2C2H5.Ni/c1-9-11-13-14-15-16-17-18-19-21-23-37-36(22-20-12-10-2)38(34-24-28(3)32(7)29(4)25-34)41(40)39(37)35-26-30(5)33(8)31(6)27-35;2*1-2;/h21,23-27H,9-20,22H2,1-8H3;2*1H2,2H3;/q;2*-1;+2. The average Bonchev–Trinajstić information content (AvgIpc) is 3.31. The summed E-state index contributed by atoms with van der Waals surface area (Å²) in [5.74, 6) is 0. The van der Waals surface area contributed by atoms with Gasteiger partial charge in [0.1, 0.15) is 0 Å². The fraction of sp³-hybridized carbons (Fsp3) is 0.535. The molecule has 0 unspecified atom stereocenters. The van der Waals surface area contributed by atoms with Crippen LogP contribution in [0.4, 0.5) is 0 Å². The van der Waals surface area contributed by atoms with E-state index < -0.39 is 0 Å². The number of nitrogens with zero attached hydrogens (tertiary/aromatic N) is 2. The fourth-order valence-electron chi connectivity index (χ4n) is 6.12. The molecule has 2 aromatic rings. The molecule has 0 saturated carbocycles. The van der Waals surface area contributed by atoms with Crippen molar-refractivity contribution < 1.29 is 21.2 Å². The zero-order chi connectivity index (χ0) is 33.9. The molecule has 0 fully saturated rings. The smallest absolute Gasteiger partial charge is 0.493 e. The molecule has 1 aliphatic heterocycles. The molecule has 2 nitrogen and oxygen atoms in total. The molecule has 46 heavy (non-hydrogen) atoms. The van der Waals surface area contributed by atoms with Crippen molar-refractivity contribution in [2.24, 2.45) is 0 Å². The quantitative estimate of drug-likeness (QED) is 0.0736. The van der Waals surface area contributed by atoms with Crippen LogP contribution in [-0.4, -0.2) is 4.70 Å². The first-order valence-electron chi connectivity index (χ1n) is 17.9. The third kappa shape index (κ3) is 12.4. The molecule has 0 radical (unpaired) electrons. The Bertz CT molecular complexity index is 1260. The number of hydrogen-bond donors (Lipinski definition) is 0. The minimum absolute atomic E-state index is 0. The van der Waals surface area contributed by atoms with Gasteiger partial charge in [-0.25, -0.2) is 4.70 Å². The van der Waals surface area contributed by atoms with Crippen LogP contribution in [0.15, 0.2) is 47.6 Å². The largest absolute Gasteiger partial charge is 2.00 e. The molecule has 0 atom stereocenters. The van der Waals surface area contributed by atoms with Crippen LogP contribution in [0.3, 0.4) is 0 Å². The molecule has 1 aliphatic rings. The predicted octanol–water partition coefficient (Wildman–Crippen LogP) is 14.1. The Morgan fingerprint density at radius 1 is 0.587 bits per heavy atom. The second-order valence-corrected chi connectivity index (χ2v) is 12.5. The molecule has 1 heterocycles. The summed E-state index contributed by atoms with van der Waals surface area (Å²) in [7, 11) is 0. The van der Waals surface area contributed by atoms with Crippen molar-refractivity contribution in [2.75, 3.05) is 0 Å². The van der Waals surface area contributed by atoms with Gasteiger partial charge in [0.2, 0.25) is 11.4 Å². The molecule has 0 bridgehead atoms. The minimum Gasteiger partial charge on any atom is -0.493 e. The zero-order valence-corrected chi connectivity index (χ0v) is 32.3. The van der Waals surface area contributed by atoms with Gasteiger partial charge in [-0.05, 0) is 125 Å². The monoisotopic (exact) mass is 668 g/mol. The van der Waals surface area contributed by atoms with E-state index in [-0.39, 0.29) is 16.5 Å². The van der Waals surface area contributed by atoms with E-state index in [1.54, 1.807) is 13.8 Å². The maximum Gasteiger partial charge on any atom is 2.00 e. The average molecular weight is 670 g/mol. The van der Waals surface area contributed by atoms with Crippen molar-refractivity contribution in [3.63, 3.8) is 0 Å². The summed E-state index contributed by atoms with van der Waals surface area (Å²) in [6, 6.07) is 9.03. The first-order valence-corrected chi connectivity index (χ1v) is 17.9. The van der Waals surface area contributed by atoms with Crippen molar-refractivity contribution in [3.05, 3.63) is 111 Å². The number of unbranched alkanes of at least 4 members (excludes halogenated alkanes) is 10. The van der Waals surface area contributed by atoms with E-state index in [4.69, 9.17) is 0 Å². The van der Waals surface area contributed by atoms with Crippen LogP contribution in [0.1, 0.15) is 156 Å². The van der Waals surface area contributed by atoms with Gasteiger partial charge in [0.25, 0.3) is 0 Å². The zero-order valence-electron chi connectivity index (χ0n) is 31.3. The van der Waals surface area contributed by atoms with Crippen LogP contribution in [0.25, 0.3) is 16.9 Å². The molecule has 0 saturated heterocycles. The Morgan fingerprint density at radius 3 is 1.43 bits per heavy atom. The van der Waals surface area contributed by atoms with E-state index in [2.05, 4.69) is 106 Å². The third-order valence-corrected chi connectivity index (χ3v) is 9.23. The first-order chi connectivity index (χ1) is 21.7. The van der Waals surface area contributed by atoms with Gasteiger partial charge in [-0.2, -0.15) is 13.8 Å². The van der Waals surface area contributed by atoms with Gasteiger partial charge in [-0.15, -0.1) is 0 Å². The summed E-state index contributed by atoms with van der Waals surface area (Å²) < 4.78 is 1.52. The van der Waals surface area contributed by atoms with Crippen LogP contribution in [0.2, 0.25) is 0 Å². The van der Waals surface area contributed by atoms with Crippen molar-refractivity contribution >= 4 is 11.4 Å². The summed E-state index contributed by atoms with van der Waals surface area (Å²) in [6.45, 7) is 27.7. The number of allylic oxidation sites excluding steroid dienone is 4. The van der Waals surface area contributed by atoms with Gasteiger partial charge in [-0.1, -0.05) is 83.8 Å². The second kappa shape index (κ2) is 24.0. The fourth-order valence-corrected chi connectivity index (χ4v) is 6.12. The van der Waals surface area contributed by atoms with Gasteiger partial charge in [-0.3, -0.25) is 0 Å². The molecule has 3 heteroatoms. The number of rotatable bonds is 16. The first kappa shape index (κ1) is 43.8. The Hall–Kier alpha value is -2.25. The van der Waals surface area contributed by atoms with E-state index in [1.165, 1.54) is 113 Å². The molecule has 0 amide bonds. The Morgan fingerprint density at radius 2 is 0.978 bits per heavy atom. The van der Waals surface area contributed by atoms with Crippen LogP contribution >= 0.6 is 0 Å². The SMILES string of the molecule is CCCCCCCCCCC=CC1=C(c2cc(C)c(C)c(C)c2)[N+](=[N-])C(c2cc(C)c(C)c(C)c2)=C1CCCCC.[CH2-]C.[CH2-]C.[Ni+2]. The van der Waals surface area contributed by atoms with Crippen LogP contribution < -0.4 is 0 Å². The van der Waals surface area contributed by atoms with Crippen molar-refractivity contribution in [1.29, 1.82) is 0 Å². The molecule has 0 aliphatic carbocycles. The molecular weight excluding hydrogens is 603 g/mol. The molecule has 0 aromatic heterocycles. The summed E-state index contributed by atoms with van der Waals surface area (Å²) in [4.78, 5) is 0. The van der Waals surface area contributed by atoms with E-state index >= 15 is 0 Å². The maximum absolute atomic E-state index is 12.0. The van der Waals surface area contributed by atoms with E-state index in [9.17, 15) is 5.53 Å². The molecule has 0 spiro atoms. The van der Waals surface area contributed by atoms with Crippen LogP contribution in [0.5, 0.6) is 0 Å². The van der Waals surface area contributed by atoms with E-state index in [0.717, 1.165) is 41.8 Å². The van der Waals surface area contributed by atoms with Crippen LogP contribution in [0, 0.1) is 55.4 Å². The van der Waals surface area contributed by atoms with Crippen molar-refractivity contribution in [3.8, 4) is 0 Å². The third-order valence-electron chi connectivity index (χ3n) is 9.23. The number of hydrogen-bond acceptors (Lipinski definition) is 0. The van der Waals surface area contributed by atoms with Crippen molar-refractivity contribution in [1.82, 2.24) is 0 Å². The van der Waals surface area contributed by atoms with Gasteiger partial charge in [0.05, 0.1) is 5.57 Å². The van der Waals surface area contributed by atoms with Gasteiger partial charge < -0.3 is 19.4 Å². The summed E-state index contributed by atoms with van der Waals surface area (Å²) >= 11 is 0. The van der Waals surface area contributed by atoms with E-state index in [0.29, 0.717) is 0 Å². The van der Waals surface area contributed by atoms with Gasteiger partial charge in [0.15, 0.2) is 0 Å². The Balaban J connectivity index is 0.00000389. The molecule has 3 rings (SSSR count). The summed E-state index contributed by atoms with van der Waals surface area (Å²) in [5, 5.41) is 0.